The van der Waals surface area contributed by atoms with Crippen LogP contribution in [0.4, 0.5) is 5.69 Å². The highest BCUT2D eigenvalue weighted by atomic mass is 32.2. The van der Waals surface area contributed by atoms with Crippen molar-refractivity contribution in [1.82, 2.24) is 0 Å². The van der Waals surface area contributed by atoms with Crippen LogP contribution < -0.4 is 5.32 Å². The predicted octanol–water partition coefficient (Wildman–Crippen LogP) is 3.93. The molecule has 1 fully saturated rings. The quantitative estimate of drug-likeness (QED) is 0.871. The summed E-state index contributed by atoms with van der Waals surface area (Å²) in [6.45, 7) is 2.20. The maximum Gasteiger partial charge on any atom is 0.161 e. The summed E-state index contributed by atoms with van der Waals surface area (Å²) in [5.74, 6) is 2.08. The van der Waals surface area contributed by atoms with E-state index in [1.807, 2.05) is 11.8 Å². The molecule has 0 bridgehead atoms. The van der Waals surface area contributed by atoms with Crippen LogP contribution in [0.15, 0.2) is 29.3 Å². The fraction of sp³-hybridized carbons (Fsp3) is 0.533. The number of aliphatic imine (C=N–C) groups is 1. The molecule has 2 atom stereocenters. The number of rotatable bonds is 2. The van der Waals surface area contributed by atoms with Gasteiger partial charge in [0, 0.05) is 11.4 Å². The van der Waals surface area contributed by atoms with E-state index >= 15 is 0 Å². The Labute approximate surface area is 113 Å². The SMILES string of the molecule is CCc1ccccc1NC1=NC2CCCC2CS1. The van der Waals surface area contributed by atoms with Gasteiger partial charge in [-0.3, -0.25) is 4.99 Å². The second-order valence-electron chi connectivity index (χ2n) is 5.14. The monoisotopic (exact) mass is 260 g/mol. The third kappa shape index (κ3) is 2.41. The molecule has 1 aliphatic carbocycles. The van der Waals surface area contributed by atoms with Gasteiger partial charge in [0.25, 0.3) is 0 Å². The van der Waals surface area contributed by atoms with Crippen LogP contribution in [0.5, 0.6) is 0 Å². The number of nitrogens with zero attached hydrogens (tertiary/aromatic N) is 1. The van der Waals surface area contributed by atoms with Crippen LogP contribution >= 0.6 is 11.8 Å². The molecule has 2 nitrogen and oxygen atoms in total. The summed E-state index contributed by atoms with van der Waals surface area (Å²) in [6.07, 6.45) is 5.08. The number of hydrogen-bond acceptors (Lipinski definition) is 3. The molecular formula is C15H20N2S. The Morgan fingerprint density at radius 1 is 1.33 bits per heavy atom. The van der Waals surface area contributed by atoms with Gasteiger partial charge in [0.05, 0.1) is 6.04 Å². The third-order valence-corrected chi connectivity index (χ3v) is 5.05. The Morgan fingerprint density at radius 2 is 2.22 bits per heavy atom. The largest absolute Gasteiger partial charge is 0.335 e. The zero-order valence-electron chi connectivity index (χ0n) is 10.9. The molecule has 2 aliphatic rings. The predicted molar refractivity (Wildman–Crippen MR) is 80.5 cm³/mol. The van der Waals surface area contributed by atoms with Gasteiger partial charge in [-0.15, -0.1) is 0 Å². The molecule has 2 unspecified atom stereocenters. The van der Waals surface area contributed by atoms with Gasteiger partial charge >= 0.3 is 0 Å². The average molecular weight is 260 g/mol. The smallest absolute Gasteiger partial charge is 0.161 e. The number of nitrogens with one attached hydrogen (secondary N) is 1. The van der Waals surface area contributed by atoms with Crippen molar-refractivity contribution in [3.63, 3.8) is 0 Å². The van der Waals surface area contributed by atoms with Gasteiger partial charge < -0.3 is 5.32 Å². The topological polar surface area (TPSA) is 24.4 Å². The molecule has 3 heteroatoms. The number of aryl methyl sites for hydroxylation is 1. The normalized spacial score (nSPS) is 26.6. The van der Waals surface area contributed by atoms with Gasteiger partial charge in [-0.2, -0.15) is 0 Å². The third-order valence-electron chi connectivity index (χ3n) is 3.98. The molecule has 1 aromatic carbocycles. The highest BCUT2D eigenvalue weighted by molar-refractivity contribution is 8.14. The molecule has 96 valence electrons. The first kappa shape index (κ1) is 12.1. The van der Waals surface area contributed by atoms with Crippen LogP contribution in [0.1, 0.15) is 31.7 Å². The maximum atomic E-state index is 4.88. The molecule has 0 amide bonds. The number of fused-ring (bicyclic) bond motifs is 1. The molecule has 0 radical (unpaired) electrons. The van der Waals surface area contributed by atoms with Gasteiger partial charge in [0.15, 0.2) is 5.17 Å². The lowest BCUT2D eigenvalue weighted by Crippen LogP contribution is -2.25. The zero-order chi connectivity index (χ0) is 12.4. The molecule has 0 aromatic heterocycles. The van der Waals surface area contributed by atoms with E-state index in [1.54, 1.807) is 0 Å². The lowest BCUT2D eigenvalue weighted by molar-refractivity contribution is 0.535. The van der Waals surface area contributed by atoms with Crippen molar-refractivity contribution in [2.24, 2.45) is 10.9 Å². The van der Waals surface area contributed by atoms with Gasteiger partial charge in [-0.1, -0.05) is 43.3 Å². The first-order valence-corrected chi connectivity index (χ1v) is 7.91. The van der Waals surface area contributed by atoms with E-state index < -0.39 is 0 Å². The molecule has 1 aliphatic heterocycles. The molecule has 0 spiro atoms. The summed E-state index contributed by atoms with van der Waals surface area (Å²) < 4.78 is 0. The van der Waals surface area contributed by atoms with Crippen LogP contribution in [0.2, 0.25) is 0 Å². The van der Waals surface area contributed by atoms with E-state index in [0.29, 0.717) is 6.04 Å². The van der Waals surface area contributed by atoms with Crippen molar-refractivity contribution in [3.8, 4) is 0 Å². The van der Waals surface area contributed by atoms with Crippen LogP contribution in [0.25, 0.3) is 0 Å². The Hall–Kier alpha value is -0.960. The molecule has 1 heterocycles. The van der Waals surface area contributed by atoms with Gasteiger partial charge in [0.2, 0.25) is 0 Å². The Morgan fingerprint density at radius 3 is 3.11 bits per heavy atom. The molecule has 0 saturated heterocycles. The summed E-state index contributed by atoms with van der Waals surface area (Å²) in [7, 11) is 0. The van der Waals surface area contributed by atoms with E-state index in [2.05, 4.69) is 36.5 Å². The van der Waals surface area contributed by atoms with Crippen LogP contribution in [-0.2, 0) is 6.42 Å². The van der Waals surface area contributed by atoms with E-state index in [1.165, 1.54) is 36.3 Å². The summed E-state index contributed by atoms with van der Waals surface area (Å²) in [4.78, 5) is 4.88. The number of para-hydroxylation sites is 1. The first-order chi connectivity index (χ1) is 8.86. The minimum absolute atomic E-state index is 0.586. The fourth-order valence-electron chi connectivity index (χ4n) is 2.89. The number of amidine groups is 1. The lowest BCUT2D eigenvalue weighted by Gasteiger charge is -2.24. The van der Waals surface area contributed by atoms with Crippen molar-refractivity contribution in [1.29, 1.82) is 0 Å². The Bertz CT molecular complexity index is 456. The highest BCUT2D eigenvalue weighted by Crippen LogP contribution is 2.35. The molecule has 3 rings (SSSR count). The molecule has 1 aromatic rings. The van der Waals surface area contributed by atoms with E-state index in [0.717, 1.165) is 17.5 Å². The van der Waals surface area contributed by atoms with E-state index in [4.69, 9.17) is 4.99 Å². The van der Waals surface area contributed by atoms with E-state index in [-0.39, 0.29) is 0 Å². The molecule has 1 N–H and O–H groups in total. The summed E-state index contributed by atoms with van der Waals surface area (Å²) in [5.41, 5.74) is 2.59. The van der Waals surface area contributed by atoms with Crippen LogP contribution in [0.3, 0.4) is 0 Å². The minimum atomic E-state index is 0.586. The fourth-order valence-corrected chi connectivity index (χ4v) is 4.04. The second-order valence-corrected chi connectivity index (χ2v) is 6.15. The second kappa shape index (κ2) is 5.35. The average Bonchev–Trinajstić information content (AvgIpc) is 2.87. The maximum absolute atomic E-state index is 4.88. The molecular weight excluding hydrogens is 240 g/mol. The van der Waals surface area contributed by atoms with Crippen molar-refractivity contribution in [2.75, 3.05) is 11.1 Å². The number of benzene rings is 1. The Kier molecular flexibility index (Phi) is 3.59. The van der Waals surface area contributed by atoms with Crippen LogP contribution in [0, 0.1) is 5.92 Å². The van der Waals surface area contributed by atoms with Gasteiger partial charge in [-0.05, 0) is 36.8 Å². The van der Waals surface area contributed by atoms with Crippen LogP contribution in [-0.4, -0.2) is 17.0 Å². The van der Waals surface area contributed by atoms with Crippen molar-refractivity contribution in [3.05, 3.63) is 29.8 Å². The first-order valence-electron chi connectivity index (χ1n) is 6.92. The number of hydrogen-bond donors (Lipinski definition) is 1. The minimum Gasteiger partial charge on any atom is -0.335 e. The molecule has 18 heavy (non-hydrogen) atoms. The Balaban J connectivity index is 1.76. The zero-order valence-corrected chi connectivity index (χ0v) is 11.7. The summed E-state index contributed by atoms with van der Waals surface area (Å²) in [6, 6.07) is 9.13. The molecule has 1 saturated carbocycles. The number of anilines is 1. The van der Waals surface area contributed by atoms with E-state index in [9.17, 15) is 0 Å². The summed E-state index contributed by atoms with van der Waals surface area (Å²) >= 11 is 1.89. The van der Waals surface area contributed by atoms with Gasteiger partial charge in [-0.25, -0.2) is 0 Å². The van der Waals surface area contributed by atoms with Crippen molar-refractivity contribution in [2.45, 2.75) is 38.6 Å². The standard InChI is InChI=1S/C15H20N2S/c1-2-11-6-3-4-8-13(11)16-15-17-14-9-5-7-12(14)10-18-15/h3-4,6,8,12,14H,2,5,7,9-10H2,1H3,(H,16,17). The number of thioether (sulfide) groups is 1. The van der Waals surface area contributed by atoms with Crippen molar-refractivity contribution >= 4 is 22.6 Å². The lowest BCUT2D eigenvalue weighted by atomic mass is 10.1. The van der Waals surface area contributed by atoms with Crippen molar-refractivity contribution < 1.29 is 0 Å². The summed E-state index contributed by atoms with van der Waals surface area (Å²) in [5, 5.41) is 4.65. The highest BCUT2D eigenvalue weighted by Gasteiger charge is 2.30. The van der Waals surface area contributed by atoms with Gasteiger partial charge in [0.1, 0.15) is 0 Å².